The summed E-state index contributed by atoms with van der Waals surface area (Å²) < 4.78 is 10.7. The molecule has 5 nitrogen and oxygen atoms in total. The van der Waals surface area contributed by atoms with Crippen molar-refractivity contribution in [1.29, 1.82) is 0 Å². The van der Waals surface area contributed by atoms with Gasteiger partial charge in [0, 0.05) is 31.9 Å². The molecule has 1 amide bonds. The number of hydrogen-bond acceptors (Lipinski definition) is 4. The normalized spacial score (nSPS) is 25.2. The van der Waals surface area contributed by atoms with Crippen LogP contribution in [-0.2, 0) is 14.3 Å². The average Bonchev–Trinajstić information content (AvgIpc) is 2.46. The maximum atomic E-state index is 11.7. The predicted octanol–water partition coefficient (Wildman–Crippen LogP) is 0.830. The van der Waals surface area contributed by atoms with Gasteiger partial charge in [-0.2, -0.15) is 0 Å². The molecule has 19 heavy (non-hydrogen) atoms. The molecule has 2 N–H and O–H groups in total. The van der Waals surface area contributed by atoms with Crippen LogP contribution in [0, 0.1) is 0 Å². The molecule has 110 valence electrons. The zero-order chi connectivity index (χ0) is 13.3. The van der Waals surface area contributed by atoms with Crippen molar-refractivity contribution in [2.75, 3.05) is 33.0 Å². The zero-order valence-electron chi connectivity index (χ0n) is 11.7. The molecule has 0 bridgehead atoms. The van der Waals surface area contributed by atoms with Crippen LogP contribution in [0.15, 0.2) is 0 Å². The summed E-state index contributed by atoms with van der Waals surface area (Å²) in [5.41, 5.74) is 0. The molecule has 0 spiro atoms. The second-order valence-electron chi connectivity index (χ2n) is 5.44. The Hall–Kier alpha value is -0.650. The third-order valence-corrected chi connectivity index (χ3v) is 3.84. The van der Waals surface area contributed by atoms with Crippen molar-refractivity contribution in [3.8, 4) is 0 Å². The van der Waals surface area contributed by atoms with Crippen molar-refractivity contribution in [3.05, 3.63) is 0 Å². The highest BCUT2D eigenvalue weighted by molar-refractivity contribution is 5.77. The van der Waals surface area contributed by atoms with Crippen LogP contribution in [0.5, 0.6) is 0 Å². The van der Waals surface area contributed by atoms with Gasteiger partial charge in [-0.15, -0.1) is 0 Å². The van der Waals surface area contributed by atoms with Gasteiger partial charge in [0.05, 0.1) is 0 Å². The van der Waals surface area contributed by atoms with Gasteiger partial charge in [0.15, 0.2) is 0 Å². The lowest BCUT2D eigenvalue weighted by Gasteiger charge is -2.24. The Kier molecular flexibility index (Phi) is 6.61. The quantitative estimate of drug-likeness (QED) is 0.702. The van der Waals surface area contributed by atoms with Gasteiger partial charge in [-0.05, 0) is 38.6 Å². The topological polar surface area (TPSA) is 59.6 Å². The van der Waals surface area contributed by atoms with E-state index < -0.39 is 0 Å². The van der Waals surface area contributed by atoms with E-state index in [1.165, 1.54) is 19.3 Å². The van der Waals surface area contributed by atoms with Crippen molar-refractivity contribution in [3.63, 3.8) is 0 Å². The summed E-state index contributed by atoms with van der Waals surface area (Å²) in [6.45, 7) is 3.47. The van der Waals surface area contributed by atoms with E-state index >= 15 is 0 Å². The number of piperidine rings is 1. The molecule has 2 heterocycles. The summed E-state index contributed by atoms with van der Waals surface area (Å²) in [6.07, 6.45) is 6.66. The molecule has 1 atom stereocenters. The Morgan fingerprint density at radius 2 is 2.11 bits per heavy atom. The molecule has 0 aliphatic carbocycles. The average molecular weight is 270 g/mol. The fourth-order valence-corrected chi connectivity index (χ4v) is 2.67. The van der Waals surface area contributed by atoms with Crippen LogP contribution in [0.1, 0.15) is 38.5 Å². The minimum Gasteiger partial charge on any atom is -0.381 e. The van der Waals surface area contributed by atoms with Crippen molar-refractivity contribution in [2.45, 2.75) is 50.6 Å². The second-order valence-corrected chi connectivity index (χ2v) is 5.44. The number of carbonyl (C=O) groups excluding carboxylic acids is 1. The maximum absolute atomic E-state index is 11.7. The molecule has 2 saturated heterocycles. The summed E-state index contributed by atoms with van der Waals surface area (Å²) in [5, 5.41) is 6.48. The van der Waals surface area contributed by atoms with Crippen LogP contribution in [0.4, 0.5) is 0 Å². The molecule has 2 fully saturated rings. The third-order valence-electron chi connectivity index (χ3n) is 3.84. The molecule has 0 aromatic heterocycles. The summed E-state index contributed by atoms with van der Waals surface area (Å²) in [4.78, 5) is 11.7. The number of nitrogens with one attached hydrogen (secondary N) is 2. The van der Waals surface area contributed by atoms with Gasteiger partial charge < -0.3 is 20.1 Å². The Morgan fingerprint density at radius 3 is 2.84 bits per heavy atom. The van der Waals surface area contributed by atoms with E-state index in [2.05, 4.69) is 10.6 Å². The Morgan fingerprint density at radius 1 is 1.26 bits per heavy atom. The molecule has 2 rings (SSSR count). The largest absolute Gasteiger partial charge is 0.381 e. The van der Waals surface area contributed by atoms with Gasteiger partial charge >= 0.3 is 0 Å². The first-order valence-corrected chi connectivity index (χ1v) is 7.53. The van der Waals surface area contributed by atoms with E-state index in [0.717, 1.165) is 39.0 Å². The van der Waals surface area contributed by atoms with Crippen LogP contribution in [0.3, 0.4) is 0 Å². The molecular formula is C14H26N2O3. The highest BCUT2D eigenvalue weighted by Crippen LogP contribution is 2.10. The molecule has 2 aliphatic heterocycles. The number of hydrogen-bond donors (Lipinski definition) is 2. The van der Waals surface area contributed by atoms with Crippen LogP contribution < -0.4 is 10.6 Å². The lowest BCUT2D eigenvalue weighted by Crippen LogP contribution is -2.41. The van der Waals surface area contributed by atoms with E-state index in [1.54, 1.807) is 0 Å². The highest BCUT2D eigenvalue weighted by atomic mass is 16.5. The lowest BCUT2D eigenvalue weighted by atomic mass is 10.0. The molecular weight excluding hydrogens is 244 g/mol. The van der Waals surface area contributed by atoms with Crippen LogP contribution in [-0.4, -0.2) is 51.0 Å². The Labute approximate surface area is 115 Å². The zero-order valence-corrected chi connectivity index (χ0v) is 11.7. The van der Waals surface area contributed by atoms with E-state index in [0.29, 0.717) is 12.6 Å². The smallest absolute Gasteiger partial charge is 0.246 e. The number of rotatable bonds is 6. The van der Waals surface area contributed by atoms with E-state index in [4.69, 9.17) is 9.47 Å². The Bertz CT molecular complexity index is 261. The second kappa shape index (κ2) is 8.51. The van der Waals surface area contributed by atoms with E-state index in [1.807, 2.05) is 0 Å². The Balaban J connectivity index is 1.48. The summed E-state index contributed by atoms with van der Waals surface area (Å²) in [5.74, 6) is 0.00324. The number of amides is 1. The summed E-state index contributed by atoms with van der Waals surface area (Å²) in [7, 11) is 0. The predicted molar refractivity (Wildman–Crippen MR) is 73.1 cm³/mol. The molecule has 2 aliphatic rings. The van der Waals surface area contributed by atoms with Crippen LogP contribution in [0.25, 0.3) is 0 Å². The molecule has 0 radical (unpaired) electrons. The van der Waals surface area contributed by atoms with Gasteiger partial charge in [0.25, 0.3) is 0 Å². The fourth-order valence-electron chi connectivity index (χ4n) is 2.67. The third kappa shape index (κ3) is 5.89. The lowest BCUT2D eigenvalue weighted by molar-refractivity contribution is -0.127. The first-order valence-electron chi connectivity index (χ1n) is 7.53. The molecule has 0 saturated carbocycles. The van der Waals surface area contributed by atoms with Crippen LogP contribution >= 0.6 is 0 Å². The van der Waals surface area contributed by atoms with E-state index in [-0.39, 0.29) is 18.6 Å². The van der Waals surface area contributed by atoms with Crippen molar-refractivity contribution in [2.24, 2.45) is 0 Å². The van der Waals surface area contributed by atoms with Gasteiger partial charge in [-0.1, -0.05) is 6.42 Å². The van der Waals surface area contributed by atoms with Gasteiger partial charge in [0.1, 0.15) is 6.61 Å². The minimum absolute atomic E-state index is 0.00324. The van der Waals surface area contributed by atoms with Crippen molar-refractivity contribution in [1.82, 2.24) is 10.6 Å². The van der Waals surface area contributed by atoms with Crippen LogP contribution in [0.2, 0.25) is 0 Å². The van der Waals surface area contributed by atoms with Crippen molar-refractivity contribution >= 4 is 5.91 Å². The van der Waals surface area contributed by atoms with Gasteiger partial charge in [-0.25, -0.2) is 0 Å². The molecule has 0 aromatic rings. The summed E-state index contributed by atoms with van der Waals surface area (Å²) in [6, 6.07) is 0.845. The maximum Gasteiger partial charge on any atom is 0.246 e. The SMILES string of the molecule is O=C(COCCC1CCCCN1)NC1CCOCC1. The standard InChI is InChI=1S/C14H26N2O3/c17-14(16-13-5-8-18-9-6-13)11-19-10-4-12-3-1-2-7-15-12/h12-13,15H,1-11H2,(H,16,17). The first kappa shape index (κ1) is 14.8. The fraction of sp³-hybridized carbons (Fsp3) is 0.929. The molecule has 0 aromatic carbocycles. The first-order chi connectivity index (χ1) is 9.34. The summed E-state index contributed by atoms with van der Waals surface area (Å²) >= 11 is 0. The number of carbonyl (C=O) groups is 1. The monoisotopic (exact) mass is 270 g/mol. The number of ether oxygens (including phenoxy) is 2. The molecule has 5 heteroatoms. The molecule has 1 unspecified atom stereocenters. The van der Waals surface area contributed by atoms with Crippen molar-refractivity contribution < 1.29 is 14.3 Å². The van der Waals surface area contributed by atoms with E-state index in [9.17, 15) is 4.79 Å². The minimum atomic E-state index is 0.00324. The van der Waals surface area contributed by atoms with Gasteiger partial charge in [0.2, 0.25) is 5.91 Å². The highest BCUT2D eigenvalue weighted by Gasteiger charge is 2.16. The van der Waals surface area contributed by atoms with Gasteiger partial charge in [-0.3, -0.25) is 4.79 Å².